The Bertz CT molecular complexity index is 432. The number of carbonyl (C=O) groups excluding carboxylic acids is 1. The summed E-state index contributed by atoms with van der Waals surface area (Å²) in [6.07, 6.45) is 2.53. The summed E-state index contributed by atoms with van der Waals surface area (Å²) in [7, 11) is 0. The molecular formula is C12H17N5O. The van der Waals surface area contributed by atoms with Gasteiger partial charge in [-0.15, -0.1) is 10.2 Å². The predicted molar refractivity (Wildman–Crippen MR) is 67.3 cm³/mol. The number of hydrogen-bond donors (Lipinski definition) is 2. The first kappa shape index (κ1) is 11.4. The van der Waals surface area contributed by atoms with Gasteiger partial charge in [-0.2, -0.15) is 0 Å². The van der Waals surface area contributed by atoms with E-state index in [1.165, 1.54) is 12.8 Å². The summed E-state index contributed by atoms with van der Waals surface area (Å²) >= 11 is 0. The molecule has 1 amide bonds. The lowest BCUT2D eigenvalue weighted by atomic mass is 9.94. The Morgan fingerprint density at radius 2 is 2.28 bits per heavy atom. The first-order valence-electron chi connectivity index (χ1n) is 6.36. The minimum absolute atomic E-state index is 0.216. The van der Waals surface area contributed by atoms with Crippen molar-refractivity contribution in [2.45, 2.75) is 18.9 Å². The van der Waals surface area contributed by atoms with Gasteiger partial charge in [-0.3, -0.25) is 4.79 Å². The molecular weight excluding hydrogens is 230 g/mol. The van der Waals surface area contributed by atoms with Crippen molar-refractivity contribution in [1.82, 2.24) is 15.5 Å². The van der Waals surface area contributed by atoms with Crippen LogP contribution in [0, 0.1) is 5.92 Å². The normalized spacial score (nSPS) is 27.0. The summed E-state index contributed by atoms with van der Waals surface area (Å²) in [5, 5.41) is 11.5. The minimum Gasteiger partial charge on any atom is -0.364 e. The zero-order valence-corrected chi connectivity index (χ0v) is 10.2. The summed E-state index contributed by atoms with van der Waals surface area (Å²) in [5.41, 5.74) is 5.36. The lowest BCUT2D eigenvalue weighted by molar-refractivity contribution is 0.0994. The molecule has 3 rings (SSSR count). The van der Waals surface area contributed by atoms with Crippen LogP contribution in [0.3, 0.4) is 0 Å². The van der Waals surface area contributed by atoms with Crippen LogP contribution in [-0.2, 0) is 0 Å². The fourth-order valence-corrected chi connectivity index (χ4v) is 2.86. The molecule has 3 N–H and O–H groups in total. The van der Waals surface area contributed by atoms with E-state index >= 15 is 0 Å². The second-order valence-electron chi connectivity index (χ2n) is 5.01. The van der Waals surface area contributed by atoms with Gasteiger partial charge in [-0.1, -0.05) is 0 Å². The SMILES string of the molecule is NC(=O)c1ccc(N2C[C@@H]3CCCN[C@@H]3C2)nn1. The van der Waals surface area contributed by atoms with Crippen molar-refractivity contribution in [3.8, 4) is 0 Å². The van der Waals surface area contributed by atoms with E-state index in [0.717, 1.165) is 25.5 Å². The van der Waals surface area contributed by atoms with E-state index in [-0.39, 0.29) is 5.69 Å². The molecule has 0 aliphatic carbocycles. The Morgan fingerprint density at radius 3 is 2.94 bits per heavy atom. The van der Waals surface area contributed by atoms with Gasteiger partial charge < -0.3 is 16.0 Å². The van der Waals surface area contributed by atoms with E-state index in [4.69, 9.17) is 5.73 Å². The van der Waals surface area contributed by atoms with Crippen LogP contribution in [0.5, 0.6) is 0 Å². The number of rotatable bonds is 2. The number of fused-ring (bicyclic) bond motifs is 1. The van der Waals surface area contributed by atoms with E-state index in [1.54, 1.807) is 6.07 Å². The van der Waals surface area contributed by atoms with Gasteiger partial charge in [0.15, 0.2) is 11.5 Å². The zero-order valence-electron chi connectivity index (χ0n) is 10.2. The molecule has 0 saturated carbocycles. The lowest BCUT2D eigenvalue weighted by Crippen LogP contribution is -2.40. The maximum atomic E-state index is 10.9. The predicted octanol–water partition coefficient (Wildman–Crippen LogP) is -0.236. The topological polar surface area (TPSA) is 84.1 Å². The summed E-state index contributed by atoms with van der Waals surface area (Å²) in [5.74, 6) is 0.998. The van der Waals surface area contributed by atoms with Gasteiger partial charge in [0.1, 0.15) is 0 Å². The number of piperidine rings is 1. The van der Waals surface area contributed by atoms with Crippen molar-refractivity contribution in [3.63, 3.8) is 0 Å². The summed E-state index contributed by atoms with van der Waals surface area (Å²) < 4.78 is 0. The van der Waals surface area contributed by atoms with E-state index in [2.05, 4.69) is 20.4 Å². The highest BCUT2D eigenvalue weighted by Gasteiger charge is 2.34. The highest BCUT2D eigenvalue weighted by atomic mass is 16.1. The zero-order chi connectivity index (χ0) is 12.5. The van der Waals surface area contributed by atoms with Crippen molar-refractivity contribution in [3.05, 3.63) is 17.8 Å². The van der Waals surface area contributed by atoms with Gasteiger partial charge in [-0.05, 0) is 37.4 Å². The summed E-state index contributed by atoms with van der Waals surface area (Å²) in [4.78, 5) is 13.2. The minimum atomic E-state index is -0.536. The van der Waals surface area contributed by atoms with Crippen LogP contribution in [0.25, 0.3) is 0 Å². The Hall–Kier alpha value is -1.69. The van der Waals surface area contributed by atoms with Gasteiger partial charge in [-0.25, -0.2) is 0 Å². The van der Waals surface area contributed by atoms with Crippen LogP contribution < -0.4 is 16.0 Å². The van der Waals surface area contributed by atoms with Gasteiger partial charge in [0.05, 0.1) is 0 Å². The van der Waals surface area contributed by atoms with E-state index in [9.17, 15) is 4.79 Å². The Kier molecular flexibility index (Phi) is 2.87. The maximum Gasteiger partial charge on any atom is 0.269 e. The largest absolute Gasteiger partial charge is 0.364 e. The number of carbonyl (C=O) groups is 1. The van der Waals surface area contributed by atoms with Crippen LogP contribution in [0.2, 0.25) is 0 Å². The average Bonchev–Trinajstić information content (AvgIpc) is 2.82. The lowest BCUT2D eigenvalue weighted by Gasteiger charge is -2.24. The molecule has 0 spiro atoms. The number of nitrogens with two attached hydrogens (primary N) is 1. The van der Waals surface area contributed by atoms with Crippen LogP contribution >= 0.6 is 0 Å². The first-order chi connectivity index (χ1) is 8.74. The molecule has 1 aromatic heterocycles. The molecule has 3 heterocycles. The molecule has 0 aromatic carbocycles. The van der Waals surface area contributed by atoms with Crippen molar-refractivity contribution in [2.24, 2.45) is 11.7 Å². The van der Waals surface area contributed by atoms with Crippen LogP contribution in [0.4, 0.5) is 5.82 Å². The molecule has 1 aromatic rings. The number of hydrogen-bond acceptors (Lipinski definition) is 5. The first-order valence-corrected chi connectivity index (χ1v) is 6.36. The molecule has 96 valence electrons. The van der Waals surface area contributed by atoms with Crippen molar-refractivity contribution in [2.75, 3.05) is 24.5 Å². The monoisotopic (exact) mass is 247 g/mol. The summed E-state index contributed by atoms with van der Waals surface area (Å²) in [6, 6.07) is 4.03. The number of anilines is 1. The molecule has 6 nitrogen and oxygen atoms in total. The molecule has 2 fully saturated rings. The fraction of sp³-hybridized carbons (Fsp3) is 0.583. The third-order valence-electron chi connectivity index (χ3n) is 3.83. The molecule has 2 aliphatic rings. The molecule has 0 radical (unpaired) electrons. The van der Waals surface area contributed by atoms with Gasteiger partial charge in [0.25, 0.3) is 5.91 Å². The Labute approximate surface area is 106 Å². The molecule has 18 heavy (non-hydrogen) atoms. The molecule has 2 aliphatic heterocycles. The van der Waals surface area contributed by atoms with Gasteiger partial charge in [0.2, 0.25) is 0 Å². The highest BCUT2D eigenvalue weighted by Crippen LogP contribution is 2.27. The molecule has 2 atom stereocenters. The average molecular weight is 247 g/mol. The number of amides is 1. The van der Waals surface area contributed by atoms with E-state index in [0.29, 0.717) is 12.0 Å². The maximum absolute atomic E-state index is 10.9. The second-order valence-corrected chi connectivity index (χ2v) is 5.01. The highest BCUT2D eigenvalue weighted by molar-refractivity contribution is 5.90. The Morgan fingerprint density at radius 1 is 1.39 bits per heavy atom. The molecule has 0 bridgehead atoms. The smallest absolute Gasteiger partial charge is 0.269 e. The number of primary amides is 1. The molecule has 0 unspecified atom stereocenters. The van der Waals surface area contributed by atoms with Crippen molar-refractivity contribution >= 4 is 11.7 Å². The van der Waals surface area contributed by atoms with Crippen molar-refractivity contribution in [1.29, 1.82) is 0 Å². The molecule has 2 saturated heterocycles. The fourth-order valence-electron chi connectivity index (χ4n) is 2.86. The third-order valence-corrected chi connectivity index (χ3v) is 3.83. The molecule has 6 heteroatoms. The third kappa shape index (κ3) is 2.03. The number of nitrogens with one attached hydrogen (secondary N) is 1. The van der Waals surface area contributed by atoms with E-state index in [1.807, 2.05) is 6.07 Å². The standard InChI is InChI=1S/C12H17N5O/c13-12(18)9-3-4-11(16-15-9)17-6-8-2-1-5-14-10(8)7-17/h3-4,8,10,14H,1-2,5-7H2,(H2,13,18)/t8-,10+/m0/s1. The van der Waals surface area contributed by atoms with Crippen LogP contribution in [0.1, 0.15) is 23.3 Å². The Balaban J connectivity index is 1.73. The van der Waals surface area contributed by atoms with Gasteiger partial charge in [0, 0.05) is 19.1 Å². The van der Waals surface area contributed by atoms with E-state index < -0.39 is 5.91 Å². The number of aromatic nitrogens is 2. The van der Waals surface area contributed by atoms with Crippen LogP contribution in [-0.4, -0.2) is 41.8 Å². The second kappa shape index (κ2) is 4.53. The van der Waals surface area contributed by atoms with Crippen LogP contribution in [0.15, 0.2) is 12.1 Å². The number of nitrogens with zero attached hydrogens (tertiary/aromatic N) is 3. The summed E-state index contributed by atoms with van der Waals surface area (Å²) in [6.45, 7) is 3.10. The quantitative estimate of drug-likeness (QED) is 0.753. The van der Waals surface area contributed by atoms with Crippen molar-refractivity contribution < 1.29 is 4.79 Å². The van der Waals surface area contributed by atoms with Gasteiger partial charge >= 0.3 is 0 Å².